The van der Waals surface area contributed by atoms with Crippen molar-refractivity contribution in [1.29, 1.82) is 0 Å². The number of hydrogen-bond donors (Lipinski definition) is 1. The summed E-state index contributed by atoms with van der Waals surface area (Å²) in [5, 5.41) is 3.98. The lowest BCUT2D eigenvalue weighted by Crippen LogP contribution is -2.41. The number of aromatic nitrogens is 2. The smallest absolute Gasteiger partial charge is 0.241 e. The van der Waals surface area contributed by atoms with Crippen molar-refractivity contribution in [2.75, 3.05) is 13.1 Å². The fraction of sp³-hybridized carbons (Fsp3) is 0.500. The van der Waals surface area contributed by atoms with E-state index in [2.05, 4.69) is 22.0 Å². The van der Waals surface area contributed by atoms with Gasteiger partial charge in [0.05, 0.1) is 6.54 Å². The predicted molar refractivity (Wildman–Crippen MR) is 81.3 cm³/mol. The van der Waals surface area contributed by atoms with E-state index in [4.69, 9.17) is 10.3 Å². The molecule has 2 atom stereocenters. The van der Waals surface area contributed by atoms with Crippen molar-refractivity contribution in [3.05, 3.63) is 36.0 Å². The number of halogens is 1. The standard InChI is InChI=1S/C16H21FN4O/c1-11(18)13-3-2-8-21(9-13)10-15-19-16(20-22-15)12-4-6-14(17)7-5-12/h4-7,11,13H,2-3,8-10,18H2,1H3. The molecule has 2 unspecified atom stereocenters. The average molecular weight is 304 g/mol. The van der Waals surface area contributed by atoms with Crippen molar-refractivity contribution in [3.63, 3.8) is 0 Å². The van der Waals surface area contributed by atoms with Gasteiger partial charge >= 0.3 is 0 Å². The Morgan fingerprint density at radius 2 is 2.18 bits per heavy atom. The molecule has 0 spiro atoms. The topological polar surface area (TPSA) is 68.2 Å². The molecule has 22 heavy (non-hydrogen) atoms. The number of piperidine rings is 1. The molecule has 0 bridgehead atoms. The molecule has 2 N–H and O–H groups in total. The van der Waals surface area contributed by atoms with Crippen LogP contribution in [0.3, 0.4) is 0 Å². The van der Waals surface area contributed by atoms with E-state index in [-0.39, 0.29) is 11.9 Å². The second kappa shape index (κ2) is 6.54. The van der Waals surface area contributed by atoms with Crippen molar-refractivity contribution >= 4 is 0 Å². The average Bonchev–Trinajstić information content (AvgIpc) is 2.96. The van der Waals surface area contributed by atoms with Gasteiger partial charge in [0.15, 0.2) is 0 Å². The maximum Gasteiger partial charge on any atom is 0.241 e. The summed E-state index contributed by atoms with van der Waals surface area (Å²) in [6.45, 7) is 4.69. The Labute approximate surface area is 129 Å². The van der Waals surface area contributed by atoms with Gasteiger partial charge in [-0.3, -0.25) is 4.90 Å². The first-order valence-electron chi connectivity index (χ1n) is 7.68. The van der Waals surface area contributed by atoms with E-state index in [0.29, 0.717) is 24.2 Å². The van der Waals surface area contributed by atoms with Crippen molar-refractivity contribution in [2.45, 2.75) is 32.4 Å². The Morgan fingerprint density at radius 3 is 2.91 bits per heavy atom. The van der Waals surface area contributed by atoms with E-state index in [0.717, 1.165) is 25.1 Å². The number of hydrogen-bond acceptors (Lipinski definition) is 5. The van der Waals surface area contributed by atoms with Crippen LogP contribution >= 0.6 is 0 Å². The monoisotopic (exact) mass is 304 g/mol. The van der Waals surface area contributed by atoms with Gasteiger partial charge in [-0.2, -0.15) is 4.98 Å². The Hall–Kier alpha value is -1.79. The number of nitrogens with two attached hydrogens (primary N) is 1. The molecular weight excluding hydrogens is 283 g/mol. The first kappa shape index (κ1) is 15.1. The maximum atomic E-state index is 12.9. The van der Waals surface area contributed by atoms with Crippen molar-refractivity contribution in [1.82, 2.24) is 15.0 Å². The summed E-state index contributed by atoms with van der Waals surface area (Å²) in [7, 11) is 0. The highest BCUT2D eigenvalue weighted by molar-refractivity contribution is 5.53. The first-order valence-corrected chi connectivity index (χ1v) is 7.68. The van der Waals surface area contributed by atoms with Gasteiger partial charge in [-0.05, 0) is 56.5 Å². The minimum absolute atomic E-state index is 0.209. The zero-order chi connectivity index (χ0) is 15.5. The fourth-order valence-electron chi connectivity index (χ4n) is 2.89. The lowest BCUT2D eigenvalue weighted by Gasteiger charge is -2.33. The van der Waals surface area contributed by atoms with Gasteiger partial charge in [0.25, 0.3) is 0 Å². The Morgan fingerprint density at radius 1 is 1.41 bits per heavy atom. The van der Waals surface area contributed by atoms with Gasteiger partial charge in [0.1, 0.15) is 5.82 Å². The van der Waals surface area contributed by atoms with Crippen LogP contribution in [-0.4, -0.2) is 34.2 Å². The van der Waals surface area contributed by atoms with Crippen LogP contribution in [0.4, 0.5) is 4.39 Å². The third kappa shape index (κ3) is 3.51. The van der Waals surface area contributed by atoms with Crippen LogP contribution in [0.1, 0.15) is 25.7 Å². The predicted octanol–water partition coefficient (Wildman–Crippen LogP) is 2.43. The van der Waals surface area contributed by atoms with E-state index in [1.54, 1.807) is 12.1 Å². The molecule has 0 radical (unpaired) electrons. The molecule has 6 heteroatoms. The number of rotatable bonds is 4. The van der Waals surface area contributed by atoms with E-state index in [1.807, 2.05) is 0 Å². The molecule has 1 saturated heterocycles. The third-order valence-corrected chi connectivity index (χ3v) is 4.21. The van der Waals surface area contributed by atoms with Gasteiger partial charge in [-0.1, -0.05) is 5.16 Å². The number of nitrogens with zero attached hydrogens (tertiary/aromatic N) is 3. The molecule has 3 rings (SSSR count). The van der Waals surface area contributed by atoms with E-state index in [9.17, 15) is 4.39 Å². The fourth-order valence-corrected chi connectivity index (χ4v) is 2.89. The van der Waals surface area contributed by atoms with Gasteiger partial charge in [-0.25, -0.2) is 4.39 Å². The molecular formula is C16H21FN4O. The molecule has 0 aliphatic carbocycles. The first-order chi connectivity index (χ1) is 10.6. The van der Waals surface area contributed by atoms with Crippen LogP contribution in [0.2, 0.25) is 0 Å². The van der Waals surface area contributed by atoms with Crippen LogP contribution in [0.25, 0.3) is 11.4 Å². The van der Waals surface area contributed by atoms with Crippen LogP contribution in [0.5, 0.6) is 0 Å². The molecule has 1 fully saturated rings. The van der Waals surface area contributed by atoms with E-state index >= 15 is 0 Å². The Kier molecular flexibility index (Phi) is 4.49. The summed E-state index contributed by atoms with van der Waals surface area (Å²) in [6.07, 6.45) is 2.32. The van der Waals surface area contributed by atoms with Crippen molar-refractivity contribution in [2.24, 2.45) is 11.7 Å². The highest BCUT2D eigenvalue weighted by Crippen LogP contribution is 2.21. The Bertz CT molecular complexity index is 611. The molecule has 0 amide bonds. The minimum atomic E-state index is -0.275. The number of benzene rings is 1. The largest absolute Gasteiger partial charge is 0.338 e. The second-order valence-corrected chi connectivity index (χ2v) is 6.02. The van der Waals surface area contributed by atoms with Gasteiger partial charge in [-0.15, -0.1) is 0 Å². The molecule has 1 aromatic heterocycles. The molecule has 1 aromatic carbocycles. The molecule has 1 aliphatic rings. The highest BCUT2D eigenvalue weighted by Gasteiger charge is 2.24. The Balaban J connectivity index is 1.65. The normalized spacial score (nSPS) is 21.0. The molecule has 2 heterocycles. The summed E-state index contributed by atoms with van der Waals surface area (Å²) in [5.74, 6) is 1.33. The molecule has 5 nitrogen and oxygen atoms in total. The third-order valence-electron chi connectivity index (χ3n) is 4.21. The van der Waals surface area contributed by atoms with Gasteiger partial charge in [0, 0.05) is 18.2 Å². The van der Waals surface area contributed by atoms with Crippen molar-refractivity contribution < 1.29 is 8.91 Å². The molecule has 0 saturated carbocycles. The summed E-state index contributed by atoms with van der Waals surface area (Å²) in [5.41, 5.74) is 6.76. The zero-order valence-electron chi connectivity index (χ0n) is 12.7. The number of likely N-dealkylation sites (tertiary alicyclic amines) is 1. The lowest BCUT2D eigenvalue weighted by molar-refractivity contribution is 0.139. The van der Waals surface area contributed by atoms with Crippen molar-refractivity contribution in [3.8, 4) is 11.4 Å². The quantitative estimate of drug-likeness (QED) is 0.939. The lowest BCUT2D eigenvalue weighted by atomic mass is 9.92. The minimum Gasteiger partial charge on any atom is -0.338 e. The maximum absolute atomic E-state index is 12.9. The van der Waals surface area contributed by atoms with Gasteiger partial charge < -0.3 is 10.3 Å². The molecule has 118 valence electrons. The summed E-state index contributed by atoms with van der Waals surface area (Å²) in [6, 6.07) is 6.29. The highest BCUT2D eigenvalue weighted by atomic mass is 19.1. The second-order valence-electron chi connectivity index (χ2n) is 6.02. The SMILES string of the molecule is CC(N)C1CCCN(Cc2nc(-c3ccc(F)cc3)no2)C1. The van der Waals surface area contributed by atoms with Crippen LogP contribution < -0.4 is 5.73 Å². The zero-order valence-corrected chi connectivity index (χ0v) is 12.7. The summed E-state index contributed by atoms with van der Waals surface area (Å²) >= 11 is 0. The molecule has 1 aliphatic heterocycles. The van der Waals surface area contributed by atoms with Crippen LogP contribution in [0, 0.1) is 11.7 Å². The van der Waals surface area contributed by atoms with E-state index < -0.39 is 0 Å². The summed E-state index contributed by atoms with van der Waals surface area (Å²) < 4.78 is 18.3. The van der Waals surface area contributed by atoms with Gasteiger partial charge in [0.2, 0.25) is 11.7 Å². The van der Waals surface area contributed by atoms with Crippen LogP contribution in [-0.2, 0) is 6.54 Å². The summed E-state index contributed by atoms with van der Waals surface area (Å²) in [4.78, 5) is 6.71. The van der Waals surface area contributed by atoms with E-state index in [1.165, 1.54) is 18.6 Å². The molecule has 2 aromatic rings. The van der Waals surface area contributed by atoms with Crippen LogP contribution in [0.15, 0.2) is 28.8 Å².